The van der Waals surface area contributed by atoms with Gasteiger partial charge in [0.1, 0.15) is 0 Å². The smallest absolute Gasteiger partial charge is 0.315 e. The molecule has 204 valence electrons. The maximum Gasteiger partial charge on any atom is 0.315 e. The number of benzene rings is 2. The van der Waals surface area contributed by atoms with E-state index in [1.165, 1.54) is 0 Å². The molecule has 2 aromatic carbocycles. The lowest BCUT2D eigenvalue weighted by Crippen LogP contribution is -2.59. The summed E-state index contributed by atoms with van der Waals surface area (Å²) in [5.74, 6) is 0. The molecule has 4 amide bonds. The SMILES string of the molecule is C=C(C)c1cccc(C(C)(C)NC(=O)N[C@@H]2CCCC[C@H]2NC(=O)NC(C)(C)c2cccc(C(=C)C)c2)c1. The minimum absolute atomic E-state index is 0.151. The first-order valence-corrected chi connectivity index (χ1v) is 13.5. The van der Waals surface area contributed by atoms with Crippen LogP contribution in [-0.4, -0.2) is 24.1 Å². The fourth-order valence-electron chi connectivity index (χ4n) is 4.94. The summed E-state index contributed by atoms with van der Waals surface area (Å²) >= 11 is 0. The van der Waals surface area contributed by atoms with E-state index in [-0.39, 0.29) is 24.1 Å². The third-order valence-corrected chi connectivity index (χ3v) is 7.41. The molecule has 0 spiro atoms. The number of hydrogen-bond donors (Lipinski definition) is 4. The van der Waals surface area contributed by atoms with Crippen LogP contribution in [0.15, 0.2) is 61.7 Å². The molecule has 4 N–H and O–H groups in total. The zero-order chi connectivity index (χ0) is 28.1. The highest BCUT2D eigenvalue weighted by Crippen LogP contribution is 2.26. The minimum atomic E-state index is -0.577. The lowest BCUT2D eigenvalue weighted by Gasteiger charge is -2.36. The number of allylic oxidation sites excluding steroid dienone is 2. The van der Waals surface area contributed by atoms with Gasteiger partial charge in [-0.2, -0.15) is 0 Å². The fourth-order valence-corrected chi connectivity index (χ4v) is 4.94. The first kappa shape index (κ1) is 29.0. The highest BCUT2D eigenvalue weighted by Gasteiger charge is 2.31. The van der Waals surface area contributed by atoms with Crippen LogP contribution < -0.4 is 21.3 Å². The third-order valence-electron chi connectivity index (χ3n) is 7.41. The molecule has 2 aromatic rings. The maximum atomic E-state index is 13.1. The predicted molar refractivity (Wildman–Crippen MR) is 158 cm³/mol. The van der Waals surface area contributed by atoms with Crippen LogP contribution in [-0.2, 0) is 11.1 Å². The molecule has 0 aromatic heterocycles. The van der Waals surface area contributed by atoms with E-state index in [0.717, 1.165) is 59.1 Å². The van der Waals surface area contributed by atoms with Crippen LogP contribution in [0.3, 0.4) is 0 Å². The molecule has 1 saturated carbocycles. The molecule has 0 saturated heterocycles. The largest absolute Gasteiger partial charge is 0.333 e. The van der Waals surface area contributed by atoms with E-state index in [1.807, 2.05) is 77.9 Å². The van der Waals surface area contributed by atoms with E-state index in [0.29, 0.717) is 0 Å². The number of carbonyl (C=O) groups is 2. The Balaban J connectivity index is 1.63. The van der Waals surface area contributed by atoms with E-state index in [4.69, 9.17) is 0 Å². The normalized spacial score (nSPS) is 17.7. The Morgan fingerprint density at radius 1 is 0.711 bits per heavy atom. The van der Waals surface area contributed by atoms with Crippen LogP contribution in [0, 0.1) is 0 Å². The zero-order valence-corrected chi connectivity index (χ0v) is 23.8. The molecule has 2 atom stereocenters. The molecule has 0 radical (unpaired) electrons. The Morgan fingerprint density at radius 2 is 1.08 bits per heavy atom. The summed E-state index contributed by atoms with van der Waals surface area (Å²) in [6.45, 7) is 19.9. The lowest BCUT2D eigenvalue weighted by atomic mass is 9.89. The van der Waals surface area contributed by atoms with Gasteiger partial charge in [0.15, 0.2) is 0 Å². The average Bonchev–Trinajstić information content (AvgIpc) is 2.84. The standard InChI is InChI=1S/C32H44N4O2/c1-21(2)23-13-11-15-25(19-23)31(5,6)35-29(37)33-27-17-9-10-18-28(27)34-30(38)36-32(7,8)26-16-12-14-24(20-26)22(3)4/h11-16,19-20,27-28H,1,3,9-10,17-18H2,2,4-8H3,(H2,33,35,37)(H2,34,36,38)/t27-,28-/m1/s1. The van der Waals surface area contributed by atoms with Crippen molar-refractivity contribution in [3.05, 3.63) is 83.9 Å². The molecule has 0 unspecified atom stereocenters. The van der Waals surface area contributed by atoms with Crippen molar-refractivity contribution in [2.45, 2.75) is 90.4 Å². The molecule has 6 heteroatoms. The number of nitrogens with one attached hydrogen (secondary N) is 4. The van der Waals surface area contributed by atoms with Crippen molar-refractivity contribution in [3.8, 4) is 0 Å². The molecular weight excluding hydrogens is 472 g/mol. The summed E-state index contributed by atoms with van der Waals surface area (Å²) in [7, 11) is 0. The number of rotatable bonds is 8. The van der Waals surface area contributed by atoms with Crippen LogP contribution in [0.2, 0.25) is 0 Å². The van der Waals surface area contributed by atoms with Gasteiger partial charge in [-0.25, -0.2) is 9.59 Å². The Hall–Kier alpha value is -3.54. The van der Waals surface area contributed by atoms with Crippen molar-refractivity contribution < 1.29 is 9.59 Å². The van der Waals surface area contributed by atoms with Crippen molar-refractivity contribution in [2.24, 2.45) is 0 Å². The predicted octanol–water partition coefficient (Wildman–Crippen LogP) is 6.83. The van der Waals surface area contributed by atoms with Gasteiger partial charge in [-0.15, -0.1) is 0 Å². The van der Waals surface area contributed by atoms with Gasteiger partial charge in [0.25, 0.3) is 0 Å². The van der Waals surface area contributed by atoms with E-state index in [1.54, 1.807) is 0 Å². The highest BCUT2D eigenvalue weighted by molar-refractivity contribution is 5.77. The van der Waals surface area contributed by atoms with Crippen LogP contribution in [0.1, 0.15) is 89.5 Å². The summed E-state index contributed by atoms with van der Waals surface area (Å²) in [5.41, 5.74) is 4.91. The summed E-state index contributed by atoms with van der Waals surface area (Å²) in [5, 5.41) is 12.5. The quantitative estimate of drug-likeness (QED) is 0.310. The van der Waals surface area contributed by atoms with Gasteiger partial charge in [0.2, 0.25) is 0 Å². The first-order valence-electron chi connectivity index (χ1n) is 13.5. The zero-order valence-electron chi connectivity index (χ0n) is 23.8. The van der Waals surface area contributed by atoms with Crippen molar-refractivity contribution >= 4 is 23.2 Å². The fraction of sp³-hybridized carbons (Fsp3) is 0.438. The number of carbonyl (C=O) groups excluding carboxylic acids is 2. The summed E-state index contributed by atoms with van der Waals surface area (Å²) < 4.78 is 0. The summed E-state index contributed by atoms with van der Waals surface area (Å²) in [6, 6.07) is 15.4. The van der Waals surface area contributed by atoms with Gasteiger partial charge in [0.05, 0.1) is 23.2 Å². The molecule has 1 aliphatic rings. The summed E-state index contributed by atoms with van der Waals surface area (Å²) in [4.78, 5) is 26.2. The molecule has 6 nitrogen and oxygen atoms in total. The molecule has 1 aliphatic carbocycles. The summed E-state index contributed by atoms with van der Waals surface area (Å²) in [6.07, 6.45) is 3.64. The van der Waals surface area contributed by atoms with Gasteiger partial charge in [0, 0.05) is 0 Å². The highest BCUT2D eigenvalue weighted by atomic mass is 16.2. The Kier molecular flexibility index (Phi) is 9.08. The van der Waals surface area contributed by atoms with Gasteiger partial charge in [-0.3, -0.25) is 0 Å². The van der Waals surface area contributed by atoms with Crippen molar-refractivity contribution in [1.29, 1.82) is 0 Å². The number of hydrogen-bond acceptors (Lipinski definition) is 2. The number of urea groups is 2. The molecule has 0 aliphatic heterocycles. The van der Waals surface area contributed by atoms with Gasteiger partial charge >= 0.3 is 12.1 Å². The van der Waals surface area contributed by atoms with Gasteiger partial charge in [-0.1, -0.05) is 73.5 Å². The maximum absolute atomic E-state index is 13.1. The second kappa shape index (κ2) is 11.9. The monoisotopic (exact) mass is 516 g/mol. The lowest BCUT2D eigenvalue weighted by molar-refractivity contribution is 0.203. The van der Waals surface area contributed by atoms with E-state index >= 15 is 0 Å². The van der Waals surface area contributed by atoms with Gasteiger partial charge < -0.3 is 21.3 Å². The van der Waals surface area contributed by atoms with Crippen LogP contribution in [0.5, 0.6) is 0 Å². The van der Waals surface area contributed by atoms with Gasteiger partial charge in [-0.05, 0) is 88.8 Å². The first-order chi connectivity index (χ1) is 17.8. The molecular formula is C32H44N4O2. The van der Waals surface area contributed by atoms with Crippen LogP contribution in [0.4, 0.5) is 9.59 Å². The Labute approximate surface area is 228 Å². The minimum Gasteiger partial charge on any atom is -0.333 e. The third kappa shape index (κ3) is 7.50. The topological polar surface area (TPSA) is 82.3 Å². The van der Waals surface area contributed by atoms with E-state index in [2.05, 4.69) is 46.6 Å². The van der Waals surface area contributed by atoms with Crippen molar-refractivity contribution in [1.82, 2.24) is 21.3 Å². The Morgan fingerprint density at radius 3 is 1.42 bits per heavy atom. The molecule has 1 fully saturated rings. The number of amides is 4. The molecule has 3 rings (SSSR count). The van der Waals surface area contributed by atoms with Crippen molar-refractivity contribution in [3.63, 3.8) is 0 Å². The second-order valence-corrected chi connectivity index (χ2v) is 11.7. The van der Waals surface area contributed by atoms with E-state index < -0.39 is 11.1 Å². The van der Waals surface area contributed by atoms with Crippen molar-refractivity contribution in [2.75, 3.05) is 0 Å². The Bertz CT molecular complexity index is 1100. The molecule has 0 heterocycles. The van der Waals surface area contributed by atoms with Crippen LogP contribution in [0.25, 0.3) is 11.1 Å². The average molecular weight is 517 g/mol. The van der Waals surface area contributed by atoms with Crippen LogP contribution >= 0.6 is 0 Å². The molecule has 0 bridgehead atoms. The second-order valence-electron chi connectivity index (χ2n) is 11.7. The van der Waals surface area contributed by atoms with E-state index in [9.17, 15) is 9.59 Å². The molecule has 38 heavy (non-hydrogen) atoms.